The first-order valence-corrected chi connectivity index (χ1v) is 8.40. The number of carboxylic acid groups (broad SMARTS) is 1. The number of carbonyl (C=O) groups excluding carboxylic acids is 1. The number of nitrogens with one attached hydrogen (secondary N) is 1. The minimum absolute atomic E-state index is 0.0311. The van der Waals surface area contributed by atoms with Crippen LogP contribution in [0.4, 0.5) is 0 Å². The molecule has 2 aromatic rings. The number of rotatable bonds is 7. The predicted molar refractivity (Wildman–Crippen MR) is 90.6 cm³/mol. The fourth-order valence-corrected chi connectivity index (χ4v) is 2.66. The van der Waals surface area contributed by atoms with Crippen LogP contribution in [0.3, 0.4) is 0 Å². The van der Waals surface area contributed by atoms with Gasteiger partial charge < -0.3 is 10.4 Å². The summed E-state index contributed by atoms with van der Waals surface area (Å²) in [4.78, 5) is 22.5. The largest absolute Gasteiger partial charge is 0.481 e. The first-order valence-electron chi connectivity index (χ1n) is 6.87. The van der Waals surface area contributed by atoms with Crippen molar-refractivity contribution >= 4 is 35.2 Å². The molecule has 0 saturated heterocycles. The van der Waals surface area contributed by atoms with Gasteiger partial charge in [0.2, 0.25) is 0 Å². The molecule has 23 heavy (non-hydrogen) atoms. The van der Waals surface area contributed by atoms with Gasteiger partial charge in [-0.25, -0.2) is 4.68 Å². The Labute approximate surface area is 142 Å². The first kappa shape index (κ1) is 17.4. The molecule has 0 aliphatic heterocycles. The Hall–Kier alpha value is -1.99. The number of benzene rings is 1. The van der Waals surface area contributed by atoms with E-state index in [0.717, 1.165) is 11.4 Å². The highest BCUT2D eigenvalue weighted by Crippen LogP contribution is 2.16. The molecule has 0 fully saturated rings. The van der Waals surface area contributed by atoms with Crippen LogP contribution in [0.15, 0.2) is 30.5 Å². The smallest absolute Gasteiger partial charge is 0.313 e. The van der Waals surface area contributed by atoms with Gasteiger partial charge in [0, 0.05) is 17.3 Å². The second-order valence-electron chi connectivity index (χ2n) is 4.73. The number of aromatic nitrogens is 2. The van der Waals surface area contributed by atoms with E-state index in [1.54, 1.807) is 16.8 Å². The summed E-state index contributed by atoms with van der Waals surface area (Å²) < 4.78 is 1.67. The van der Waals surface area contributed by atoms with E-state index in [-0.39, 0.29) is 11.7 Å². The molecule has 122 valence electrons. The third kappa shape index (κ3) is 4.74. The standard InChI is InChI=1S/C15H16ClN3O3S/c1-10-13(15(22)17-6-7-23-9-14(20)21)8-18-19(10)12-4-2-11(16)3-5-12/h2-5,8H,6-7,9H2,1H3,(H,17,22)(H,20,21). The first-order chi connectivity index (χ1) is 11.0. The van der Waals surface area contributed by atoms with E-state index in [9.17, 15) is 9.59 Å². The van der Waals surface area contributed by atoms with Crippen molar-refractivity contribution in [2.75, 3.05) is 18.1 Å². The van der Waals surface area contributed by atoms with Crippen LogP contribution >= 0.6 is 23.4 Å². The van der Waals surface area contributed by atoms with Gasteiger partial charge in [-0.1, -0.05) is 11.6 Å². The predicted octanol–water partition coefficient (Wildman–Crippen LogP) is 2.38. The summed E-state index contributed by atoms with van der Waals surface area (Å²) in [6, 6.07) is 7.17. The molecule has 6 nitrogen and oxygen atoms in total. The van der Waals surface area contributed by atoms with Gasteiger partial charge in [0.25, 0.3) is 5.91 Å². The highest BCUT2D eigenvalue weighted by molar-refractivity contribution is 7.99. The Kier molecular flexibility index (Phi) is 6.06. The van der Waals surface area contributed by atoms with Crippen molar-refractivity contribution in [2.24, 2.45) is 0 Å². The van der Waals surface area contributed by atoms with Gasteiger partial charge in [0.1, 0.15) is 0 Å². The minimum Gasteiger partial charge on any atom is -0.481 e. The lowest BCUT2D eigenvalue weighted by molar-refractivity contribution is -0.133. The van der Waals surface area contributed by atoms with Crippen LogP contribution in [0.25, 0.3) is 5.69 Å². The molecule has 1 aromatic heterocycles. The van der Waals surface area contributed by atoms with Gasteiger partial charge in [-0.05, 0) is 31.2 Å². The highest BCUT2D eigenvalue weighted by atomic mass is 35.5. The van der Waals surface area contributed by atoms with Gasteiger partial charge >= 0.3 is 5.97 Å². The highest BCUT2D eigenvalue weighted by Gasteiger charge is 2.14. The molecular formula is C15H16ClN3O3S. The van der Waals surface area contributed by atoms with Crippen LogP contribution < -0.4 is 5.32 Å². The maximum Gasteiger partial charge on any atom is 0.313 e. The normalized spacial score (nSPS) is 10.5. The molecule has 0 spiro atoms. The Balaban J connectivity index is 1.97. The minimum atomic E-state index is -0.860. The lowest BCUT2D eigenvalue weighted by atomic mass is 10.2. The Morgan fingerprint density at radius 1 is 1.35 bits per heavy atom. The molecule has 0 aliphatic carbocycles. The zero-order valence-electron chi connectivity index (χ0n) is 12.5. The fourth-order valence-electron chi connectivity index (χ4n) is 1.97. The van der Waals surface area contributed by atoms with E-state index in [0.29, 0.717) is 22.9 Å². The SMILES string of the molecule is Cc1c(C(=O)NCCSCC(=O)O)cnn1-c1ccc(Cl)cc1. The van der Waals surface area contributed by atoms with Gasteiger partial charge in [-0.2, -0.15) is 5.10 Å². The van der Waals surface area contributed by atoms with E-state index in [1.807, 2.05) is 19.1 Å². The van der Waals surface area contributed by atoms with Crippen molar-refractivity contribution in [1.29, 1.82) is 0 Å². The lowest BCUT2D eigenvalue weighted by Crippen LogP contribution is -2.26. The molecule has 0 atom stereocenters. The van der Waals surface area contributed by atoms with E-state index in [4.69, 9.17) is 16.7 Å². The van der Waals surface area contributed by atoms with E-state index in [1.165, 1.54) is 18.0 Å². The van der Waals surface area contributed by atoms with Gasteiger partial charge in [0.05, 0.1) is 28.9 Å². The van der Waals surface area contributed by atoms with Crippen LogP contribution in [-0.2, 0) is 4.79 Å². The van der Waals surface area contributed by atoms with E-state index in [2.05, 4.69) is 10.4 Å². The second kappa shape index (κ2) is 8.03. The van der Waals surface area contributed by atoms with Crippen molar-refractivity contribution in [2.45, 2.75) is 6.92 Å². The van der Waals surface area contributed by atoms with Gasteiger partial charge in [0.15, 0.2) is 0 Å². The Morgan fingerprint density at radius 2 is 2.04 bits per heavy atom. The summed E-state index contributed by atoms with van der Waals surface area (Å²) in [7, 11) is 0. The topological polar surface area (TPSA) is 84.2 Å². The summed E-state index contributed by atoms with van der Waals surface area (Å²) in [5.74, 6) is -0.508. The van der Waals surface area contributed by atoms with E-state index >= 15 is 0 Å². The molecule has 0 saturated carbocycles. The average molecular weight is 354 g/mol. The van der Waals surface area contributed by atoms with Crippen molar-refractivity contribution in [3.8, 4) is 5.69 Å². The number of nitrogens with zero attached hydrogens (tertiary/aromatic N) is 2. The zero-order chi connectivity index (χ0) is 16.8. The molecular weight excluding hydrogens is 338 g/mol. The second-order valence-corrected chi connectivity index (χ2v) is 6.28. The summed E-state index contributed by atoms with van der Waals surface area (Å²) in [5.41, 5.74) is 2.04. The van der Waals surface area contributed by atoms with Crippen molar-refractivity contribution in [3.63, 3.8) is 0 Å². The molecule has 8 heteroatoms. The van der Waals surface area contributed by atoms with Crippen LogP contribution in [0.1, 0.15) is 16.1 Å². The molecule has 1 amide bonds. The van der Waals surface area contributed by atoms with E-state index < -0.39 is 5.97 Å². The zero-order valence-corrected chi connectivity index (χ0v) is 14.0. The number of thioether (sulfide) groups is 1. The number of hydrogen-bond acceptors (Lipinski definition) is 4. The summed E-state index contributed by atoms with van der Waals surface area (Å²) >= 11 is 7.12. The number of hydrogen-bond donors (Lipinski definition) is 2. The molecule has 1 heterocycles. The van der Waals surface area contributed by atoms with Crippen LogP contribution in [-0.4, -0.2) is 44.8 Å². The molecule has 2 rings (SSSR count). The van der Waals surface area contributed by atoms with Crippen LogP contribution in [0.2, 0.25) is 5.02 Å². The molecule has 0 aliphatic rings. The van der Waals surface area contributed by atoms with Crippen LogP contribution in [0.5, 0.6) is 0 Å². The number of carboxylic acids is 1. The number of carbonyl (C=O) groups is 2. The molecule has 0 unspecified atom stereocenters. The molecule has 2 N–H and O–H groups in total. The number of aliphatic carboxylic acids is 1. The van der Waals surface area contributed by atoms with Crippen molar-refractivity contribution in [3.05, 3.63) is 46.7 Å². The Bertz CT molecular complexity index is 700. The average Bonchev–Trinajstić information content (AvgIpc) is 2.89. The van der Waals surface area contributed by atoms with Crippen LogP contribution in [0, 0.1) is 6.92 Å². The maximum absolute atomic E-state index is 12.2. The third-order valence-corrected chi connectivity index (χ3v) is 4.28. The van der Waals surface area contributed by atoms with Crippen molar-refractivity contribution < 1.29 is 14.7 Å². The summed E-state index contributed by atoms with van der Waals surface area (Å²) in [6.07, 6.45) is 1.52. The third-order valence-electron chi connectivity index (χ3n) is 3.08. The van der Waals surface area contributed by atoms with Gasteiger partial charge in [-0.3, -0.25) is 9.59 Å². The maximum atomic E-state index is 12.2. The monoisotopic (exact) mass is 353 g/mol. The fraction of sp³-hybridized carbons (Fsp3) is 0.267. The summed E-state index contributed by atoms with van der Waals surface area (Å²) in [6.45, 7) is 2.22. The number of amides is 1. The molecule has 0 radical (unpaired) electrons. The lowest BCUT2D eigenvalue weighted by Gasteiger charge is -2.06. The van der Waals surface area contributed by atoms with Gasteiger partial charge in [-0.15, -0.1) is 11.8 Å². The summed E-state index contributed by atoms with van der Waals surface area (Å²) in [5, 5.41) is 16.2. The quantitative estimate of drug-likeness (QED) is 0.746. The molecule has 1 aromatic carbocycles. The number of halogens is 1. The van der Waals surface area contributed by atoms with Crippen molar-refractivity contribution in [1.82, 2.24) is 15.1 Å². The Morgan fingerprint density at radius 3 is 2.70 bits per heavy atom. The molecule has 0 bridgehead atoms.